The van der Waals surface area contributed by atoms with Gasteiger partial charge in [-0.05, 0) is 11.8 Å². The standard InChI is InChI=1S/C24H27F2N9O11P2S2/c25-13-17-11-3-41-48(39,50)46-18-12(4-42-47(38,49)45-17)44-24(14(18)26)35-8-33-16-21(35)30-6-31-22(16)40-2-10(37)9(36)1-27-19-15-20(29-5-28-19)34(7-32-15)23(13)43-11/h5-14,17-18,23-24,36-37H,1-4H2,(H,38,49)(H,39,50)(H,27,28,29)/t9-,10-,11+,12+,13+,14+,17+,18+,23?,24?,47?,48?/m0/s1. The van der Waals surface area contributed by atoms with E-state index in [0.29, 0.717) is 0 Å². The topological polar surface area (TPSA) is 242 Å². The number of hydrogen-bond donors (Lipinski definition) is 5. The zero-order valence-corrected chi connectivity index (χ0v) is 28.6. The highest BCUT2D eigenvalue weighted by molar-refractivity contribution is 8.44. The molecule has 0 radical (unpaired) electrons. The van der Waals surface area contributed by atoms with Crippen molar-refractivity contribution in [3.8, 4) is 5.88 Å². The van der Waals surface area contributed by atoms with Crippen LogP contribution in [0.1, 0.15) is 12.5 Å². The lowest BCUT2D eigenvalue weighted by atomic mass is 10.1. The first-order valence-electron chi connectivity index (χ1n) is 14.9. The molecule has 26 heteroatoms. The van der Waals surface area contributed by atoms with E-state index in [1.165, 1.54) is 21.8 Å². The fourth-order valence-electron chi connectivity index (χ4n) is 5.96. The van der Waals surface area contributed by atoms with E-state index in [9.17, 15) is 19.7 Å². The number of nitrogens with zero attached hydrogens (tertiary/aromatic N) is 8. The molecule has 0 aliphatic carbocycles. The molecule has 4 unspecified atom stereocenters. The number of nitrogens with one attached hydrogen (secondary N) is 1. The maximum atomic E-state index is 16.3. The number of rotatable bonds is 0. The molecule has 4 N–H and O–H groups in total. The van der Waals surface area contributed by atoms with Crippen molar-refractivity contribution in [2.45, 2.75) is 61.4 Å². The number of hydrogen-bond acceptors (Lipinski definition) is 18. The van der Waals surface area contributed by atoms with Gasteiger partial charge in [0.1, 0.15) is 55.9 Å². The number of aliphatic hydroxyl groups is 2. The molecule has 4 aromatic heterocycles. The van der Waals surface area contributed by atoms with Crippen molar-refractivity contribution in [3.05, 3.63) is 25.3 Å². The molecule has 0 amide bonds. The first-order chi connectivity index (χ1) is 23.9. The van der Waals surface area contributed by atoms with Gasteiger partial charge in [0.25, 0.3) is 0 Å². The van der Waals surface area contributed by atoms with Crippen LogP contribution >= 0.6 is 25.8 Å². The summed E-state index contributed by atoms with van der Waals surface area (Å²) in [6, 6.07) is 0. The summed E-state index contributed by atoms with van der Waals surface area (Å²) in [5, 5.41) is 24.2. The molecule has 0 aromatic carbocycles. The third-order valence-electron chi connectivity index (χ3n) is 8.39. The van der Waals surface area contributed by atoms with E-state index in [-0.39, 0.29) is 40.6 Å². The highest BCUT2D eigenvalue weighted by Gasteiger charge is 2.54. The number of imidazole rings is 2. The molecule has 5 aliphatic heterocycles. The average molecular weight is 782 g/mol. The van der Waals surface area contributed by atoms with E-state index in [4.69, 9.17) is 44.1 Å². The third kappa shape index (κ3) is 6.29. The summed E-state index contributed by atoms with van der Waals surface area (Å²) in [5.74, 6) is 0.0321. The minimum atomic E-state index is -4.43. The highest BCUT2D eigenvalue weighted by Crippen LogP contribution is 2.58. The van der Waals surface area contributed by atoms with Crippen LogP contribution in [0, 0.1) is 0 Å². The van der Waals surface area contributed by atoms with Crippen LogP contribution in [-0.2, 0) is 43.9 Å². The van der Waals surface area contributed by atoms with Crippen LogP contribution in [0.25, 0.3) is 22.3 Å². The molecule has 50 heavy (non-hydrogen) atoms. The van der Waals surface area contributed by atoms with Gasteiger partial charge in [-0.3, -0.25) is 22.7 Å². The van der Waals surface area contributed by atoms with E-state index < -0.39 is 94.8 Å². The quantitative estimate of drug-likeness (QED) is 0.122. The monoisotopic (exact) mass is 781 g/mol. The van der Waals surface area contributed by atoms with Crippen LogP contribution in [0.3, 0.4) is 0 Å². The summed E-state index contributed by atoms with van der Waals surface area (Å²) >= 11 is 9.23. The van der Waals surface area contributed by atoms with E-state index in [1.54, 1.807) is 0 Å². The summed E-state index contributed by atoms with van der Waals surface area (Å²) in [7, 11) is 0. The van der Waals surface area contributed by atoms with Crippen LogP contribution < -0.4 is 10.1 Å². The van der Waals surface area contributed by atoms with Crippen LogP contribution in [0.5, 0.6) is 5.88 Å². The minimum absolute atomic E-state index is 0.0358. The second kappa shape index (κ2) is 13.1. The van der Waals surface area contributed by atoms with Gasteiger partial charge >= 0.3 is 13.5 Å². The molecule has 9 rings (SSSR count). The van der Waals surface area contributed by atoms with Gasteiger partial charge in [0, 0.05) is 6.54 Å². The second-order valence-corrected chi connectivity index (χ2v) is 17.2. The van der Waals surface area contributed by atoms with Crippen molar-refractivity contribution < 1.29 is 60.8 Å². The van der Waals surface area contributed by atoms with Gasteiger partial charge in [0.2, 0.25) is 5.88 Å². The van der Waals surface area contributed by atoms with Crippen LogP contribution in [0.4, 0.5) is 14.6 Å². The molecule has 14 bridgehead atoms. The van der Waals surface area contributed by atoms with Crippen molar-refractivity contribution in [1.82, 2.24) is 39.0 Å². The molecule has 9 heterocycles. The number of aliphatic hydroxyl groups excluding tert-OH is 2. The number of aromatic nitrogens is 8. The van der Waals surface area contributed by atoms with Crippen molar-refractivity contribution in [2.24, 2.45) is 0 Å². The van der Waals surface area contributed by atoms with Gasteiger partial charge in [-0.1, -0.05) is 12.2 Å². The fourth-order valence-corrected chi connectivity index (χ4v) is 8.88. The zero-order chi connectivity index (χ0) is 34.9. The summed E-state index contributed by atoms with van der Waals surface area (Å²) in [4.78, 5) is 36.1. The van der Waals surface area contributed by atoms with Crippen LogP contribution in [0.15, 0.2) is 25.3 Å². The Bertz CT molecular complexity index is 1880. The van der Waals surface area contributed by atoms with Gasteiger partial charge in [0.05, 0.1) is 25.9 Å². The Labute approximate surface area is 289 Å². The van der Waals surface area contributed by atoms with Crippen molar-refractivity contribution >= 4 is 65.7 Å². The summed E-state index contributed by atoms with van der Waals surface area (Å²) in [6.45, 7) is -10.7. The molecule has 0 spiro atoms. The van der Waals surface area contributed by atoms with E-state index in [2.05, 4.69) is 47.5 Å². The Morgan fingerprint density at radius 2 is 1.44 bits per heavy atom. The van der Waals surface area contributed by atoms with Gasteiger partial charge in [0.15, 0.2) is 52.9 Å². The Morgan fingerprint density at radius 1 is 0.840 bits per heavy atom. The molecule has 12 atom stereocenters. The van der Waals surface area contributed by atoms with Gasteiger partial charge in [-0.2, -0.15) is 4.98 Å². The lowest BCUT2D eigenvalue weighted by Crippen LogP contribution is -2.37. The summed E-state index contributed by atoms with van der Waals surface area (Å²) < 4.78 is 88.1. The number of thiol groups is 1. The zero-order valence-electron chi connectivity index (χ0n) is 25.1. The SMILES string of the molecule is O=P1(S)OC[C@H]2OC3[C@H](F)[C@@H]2OP(O)(=S)OC[C@H]2OC([C@H](F)[C@@H]2O1)n1cnc2c(ncnc21)OC[C@H](O)[C@@H](O)CNc1ncnc2c1ncn23. The fraction of sp³-hybridized carbons (Fsp3) is 0.583. The van der Waals surface area contributed by atoms with Crippen molar-refractivity contribution in [2.75, 3.05) is 31.7 Å². The molecule has 4 aromatic rings. The maximum absolute atomic E-state index is 16.3. The lowest BCUT2D eigenvalue weighted by Gasteiger charge is -2.29. The minimum Gasteiger partial charge on any atom is -0.473 e. The van der Waals surface area contributed by atoms with E-state index >= 15 is 8.78 Å². The molecule has 3 saturated heterocycles. The molecule has 20 nitrogen and oxygen atoms in total. The second-order valence-electron chi connectivity index (χ2n) is 11.6. The Hall–Kier alpha value is -2.57. The van der Waals surface area contributed by atoms with Gasteiger partial charge in [-0.25, -0.2) is 38.3 Å². The number of alkyl halides is 2. The normalized spacial score (nSPS) is 39.6. The molecule has 0 saturated carbocycles. The molecule has 3 fully saturated rings. The number of fused-ring (bicyclic) bond motifs is 11. The smallest absolute Gasteiger partial charge is 0.386 e. The molecule has 270 valence electrons. The number of anilines is 1. The molecular formula is C24H27F2N9O11P2S2. The maximum Gasteiger partial charge on any atom is 0.386 e. The Kier molecular flexibility index (Phi) is 9.06. The predicted octanol–water partition coefficient (Wildman–Crippen LogP) is 0.735. The van der Waals surface area contributed by atoms with Gasteiger partial charge in [-0.15, -0.1) is 0 Å². The largest absolute Gasteiger partial charge is 0.473 e. The first kappa shape index (κ1) is 34.5. The first-order valence-corrected chi connectivity index (χ1v) is 20.2. The van der Waals surface area contributed by atoms with Crippen LogP contribution in [0.2, 0.25) is 0 Å². The number of halogens is 2. The summed E-state index contributed by atoms with van der Waals surface area (Å²) in [6.07, 6.45) is -11.4. The van der Waals surface area contributed by atoms with E-state index in [0.717, 1.165) is 12.7 Å². The lowest BCUT2D eigenvalue weighted by molar-refractivity contribution is -0.0564. The molecule has 5 aliphatic rings. The third-order valence-corrected chi connectivity index (χ3v) is 11.6. The predicted molar refractivity (Wildman–Crippen MR) is 169 cm³/mol. The Balaban J connectivity index is 1.21. The van der Waals surface area contributed by atoms with Crippen molar-refractivity contribution in [1.29, 1.82) is 0 Å². The van der Waals surface area contributed by atoms with Crippen molar-refractivity contribution in [3.63, 3.8) is 0 Å². The highest BCUT2D eigenvalue weighted by atomic mass is 32.7. The van der Waals surface area contributed by atoms with E-state index in [1.807, 2.05) is 0 Å². The molecular weight excluding hydrogens is 754 g/mol. The average Bonchev–Trinajstić information content (AvgIpc) is 3.85. The van der Waals surface area contributed by atoms with Gasteiger partial charge < -0.3 is 39.2 Å². The Morgan fingerprint density at radius 3 is 2.14 bits per heavy atom. The summed E-state index contributed by atoms with van der Waals surface area (Å²) in [5.41, 5.74) is 0.318. The van der Waals surface area contributed by atoms with Crippen LogP contribution in [-0.4, -0.2) is 129 Å². The number of ether oxygens (including phenoxy) is 3.